The molecule has 0 rings (SSSR count). The summed E-state index contributed by atoms with van der Waals surface area (Å²) in [4.78, 5) is 9.82. The van der Waals surface area contributed by atoms with Crippen molar-refractivity contribution in [3.05, 3.63) is 6.92 Å². The highest BCUT2D eigenvalue weighted by molar-refractivity contribution is 5.79. The van der Waals surface area contributed by atoms with E-state index in [1.54, 1.807) is 0 Å². The second-order valence-corrected chi connectivity index (χ2v) is 0.954. The minimum absolute atomic E-state index is 0.211. The van der Waals surface area contributed by atoms with E-state index in [-0.39, 0.29) is 5.91 Å². The van der Waals surface area contributed by atoms with E-state index in [2.05, 4.69) is 12.2 Å². The molecule has 6 heavy (non-hydrogen) atoms. The standard InChI is InChI=1S/C4H7NO/c1-3-5-4(2)6/h2-3H2,1H3/p+1. The van der Waals surface area contributed by atoms with Gasteiger partial charge in [-0.05, 0) is 6.92 Å². The van der Waals surface area contributed by atoms with E-state index in [4.69, 9.17) is 0 Å². The minimum atomic E-state index is -0.211. The second kappa shape index (κ2) is 2.57. The maximum Gasteiger partial charge on any atom is 0.399 e. The molecule has 0 aliphatic carbocycles. The molecule has 0 spiro atoms. The van der Waals surface area contributed by atoms with E-state index >= 15 is 0 Å². The Bertz CT molecular complexity index is 51.5. The van der Waals surface area contributed by atoms with Crippen molar-refractivity contribution in [3.8, 4) is 0 Å². The molecule has 2 nitrogen and oxygen atoms in total. The van der Waals surface area contributed by atoms with Gasteiger partial charge in [-0.2, -0.15) is 0 Å². The molecule has 34 valence electrons. The second-order valence-electron chi connectivity index (χ2n) is 0.954. The van der Waals surface area contributed by atoms with Gasteiger partial charge in [0.15, 0.2) is 6.92 Å². The number of amides is 1. The average Bonchev–Trinajstić information content (AvgIpc) is 1.35. The summed E-state index contributed by atoms with van der Waals surface area (Å²) in [6, 6.07) is 0. The van der Waals surface area contributed by atoms with Crippen molar-refractivity contribution in [2.24, 2.45) is 0 Å². The number of carbonyl (C=O) groups is 1. The highest BCUT2D eigenvalue weighted by Crippen LogP contribution is 1.53. The largest absolute Gasteiger partial charge is 0.399 e. The molecule has 0 bridgehead atoms. The summed E-state index contributed by atoms with van der Waals surface area (Å²) in [5.74, 6) is -0.211. The highest BCUT2D eigenvalue weighted by Gasteiger charge is 1.89. The zero-order chi connectivity index (χ0) is 4.99. The number of rotatable bonds is 1. The molecule has 0 saturated carbocycles. The lowest BCUT2D eigenvalue weighted by molar-refractivity contribution is -0.116. The van der Waals surface area contributed by atoms with E-state index in [0.29, 0.717) is 6.54 Å². The highest BCUT2D eigenvalue weighted by atomic mass is 16.1. The van der Waals surface area contributed by atoms with Crippen LogP contribution in [-0.2, 0) is 4.79 Å². The lowest BCUT2D eigenvalue weighted by atomic mass is 10.6. The minimum Gasteiger partial charge on any atom is -0.317 e. The topological polar surface area (TPSA) is 29.1 Å². The first-order chi connectivity index (χ1) is 2.77. The van der Waals surface area contributed by atoms with Crippen molar-refractivity contribution < 1.29 is 4.79 Å². The SMILES string of the molecule is [CH2+]C(=O)NCC. The third-order valence-electron chi connectivity index (χ3n) is 0.374. The van der Waals surface area contributed by atoms with Gasteiger partial charge in [-0.3, -0.25) is 0 Å². The Morgan fingerprint density at radius 1 is 2.00 bits per heavy atom. The first-order valence-corrected chi connectivity index (χ1v) is 1.87. The van der Waals surface area contributed by atoms with Gasteiger partial charge >= 0.3 is 5.91 Å². The Morgan fingerprint density at radius 2 is 2.50 bits per heavy atom. The molecule has 0 fully saturated rings. The Morgan fingerprint density at radius 3 is 2.50 bits per heavy atom. The normalized spacial score (nSPS) is 7.50. The lowest BCUT2D eigenvalue weighted by Gasteiger charge is -1.82. The summed E-state index contributed by atoms with van der Waals surface area (Å²) in [7, 11) is 0. The molecular formula is C4H8NO+. The Kier molecular flexibility index (Phi) is 2.29. The van der Waals surface area contributed by atoms with E-state index < -0.39 is 0 Å². The molecule has 0 unspecified atom stereocenters. The molecule has 0 atom stereocenters. The van der Waals surface area contributed by atoms with Crippen LogP contribution in [0, 0.1) is 6.92 Å². The lowest BCUT2D eigenvalue weighted by Crippen LogP contribution is -2.18. The molecule has 0 aliphatic heterocycles. The fourth-order valence-electron chi connectivity index (χ4n) is 0.197. The number of nitrogens with one attached hydrogen (secondary N) is 1. The smallest absolute Gasteiger partial charge is 0.317 e. The van der Waals surface area contributed by atoms with Crippen LogP contribution in [0.25, 0.3) is 0 Å². The number of hydrogen-bond acceptors (Lipinski definition) is 1. The van der Waals surface area contributed by atoms with Crippen molar-refractivity contribution in [1.82, 2.24) is 5.32 Å². The van der Waals surface area contributed by atoms with Crippen molar-refractivity contribution in [1.29, 1.82) is 0 Å². The zero-order valence-corrected chi connectivity index (χ0v) is 3.82. The molecule has 0 aromatic heterocycles. The van der Waals surface area contributed by atoms with Gasteiger partial charge in [-0.1, -0.05) is 0 Å². The molecular weight excluding hydrogens is 78.0 g/mol. The first kappa shape index (κ1) is 5.34. The predicted octanol–water partition coefficient (Wildman–Crippen LogP) is -0.0434. The molecule has 0 aromatic rings. The summed E-state index contributed by atoms with van der Waals surface area (Å²) >= 11 is 0. The molecule has 1 amide bonds. The fourth-order valence-corrected chi connectivity index (χ4v) is 0.197. The Balaban J connectivity index is 2.83. The van der Waals surface area contributed by atoms with Gasteiger partial charge in [0.05, 0.1) is 0 Å². The Hall–Kier alpha value is -0.660. The van der Waals surface area contributed by atoms with Gasteiger partial charge in [0, 0.05) is 6.54 Å². The summed E-state index contributed by atoms with van der Waals surface area (Å²) in [6.45, 7) is 5.60. The summed E-state index contributed by atoms with van der Waals surface area (Å²) in [6.07, 6.45) is 0. The van der Waals surface area contributed by atoms with Crippen molar-refractivity contribution >= 4 is 5.91 Å². The van der Waals surface area contributed by atoms with Gasteiger partial charge < -0.3 is 5.32 Å². The molecule has 1 N–H and O–H groups in total. The fraction of sp³-hybridized carbons (Fsp3) is 0.500. The van der Waals surface area contributed by atoms with Gasteiger partial charge in [0.25, 0.3) is 0 Å². The van der Waals surface area contributed by atoms with Crippen molar-refractivity contribution in [2.75, 3.05) is 6.54 Å². The summed E-state index contributed by atoms with van der Waals surface area (Å²) in [5, 5.41) is 2.46. The van der Waals surface area contributed by atoms with Crippen LogP contribution in [0.3, 0.4) is 0 Å². The van der Waals surface area contributed by atoms with Crippen LogP contribution in [0.1, 0.15) is 6.92 Å². The molecule has 0 aliphatic rings. The van der Waals surface area contributed by atoms with Gasteiger partial charge in [-0.15, -0.1) is 0 Å². The number of hydrogen-bond donors (Lipinski definition) is 1. The van der Waals surface area contributed by atoms with Crippen molar-refractivity contribution in [3.63, 3.8) is 0 Å². The van der Waals surface area contributed by atoms with Gasteiger partial charge in [0.1, 0.15) is 0 Å². The molecule has 2 heteroatoms. The quantitative estimate of drug-likeness (QED) is 0.445. The van der Waals surface area contributed by atoms with Gasteiger partial charge in [0.2, 0.25) is 0 Å². The maximum atomic E-state index is 9.82. The predicted molar refractivity (Wildman–Crippen MR) is 24.0 cm³/mol. The molecule has 0 heterocycles. The van der Waals surface area contributed by atoms with E-state index in [1.807, 2.05) is 6.92 Å². The van der Waals surface area contributed by atoms with Crippen LogP contribution < -0.4 is 5.32 Å². The first-order valence-electron chi connectivity index (χ1n) is 1.87. The average molecular weight is 86.1 g/mol. The summed E-state index contributed by atoms with van der Waals surface area (Å²) in [5.41, 5.74) is 0. The van der Waals surface area contributed by atoms with E-state index in [0.717, 1.165) is 0 Å². The summed E-state index contributed by atoms with van der Waals surface area (Å²) < 4.78 is 0. The van der Waals surface area contributed by atoms with Crippen LogP contribution in [0.15, 0.2) is 0 Å². The molecule has 0 aromatic carbocycles. The molecule has 0 radical (unpaired) electrons. The Labute approximate surface area is 37.5 Å². The zero-order valence-electron chi connectivity index (χ0n) is 3.82. The van der Waals surface area contributed by atoms with Crippen LogP contribution in [0.4, 0.5) is 0 Å². The van der Waals surface area contributed by atoms with Crippen LogP contribution >= 0.6 is 0 Å². The van der Waals surface area contributed by atoms with Crippen LogP contribution in [0.5, 0.6) is 0 Å². The van der Waals surface area contributed by atoms with E-state index in [9.17, 15) is 4.79 Å². The monoisotopic (exact) mass is 86.1 g/mol. The third kappa shape index (κ3) is 3.34. The number of carbonyl (C=O) groups excluding carboxylic acids is 1. The van der Waals surface area contributed by atoms with Gasteiger partial charge in [-0.25, -0.2) is 4.79 Å². The van der Waals surface area contributed by atoms with E-state index in [1.165, 1.54) is 0 Å². The third-order valence-corrected chi connectivity index (χ3v) is 0.374. The van der Waals surface area contributed by atoms with Crippen LogP contribution in [0.2, 0.25) is 0 Å². The van der Waals surface area contributed by atoms with Crippen LogP contribution in [-0.4, -0.2) is 12.5 Å². The van der Waals surface area contributed by atoms with Crippen molar-refractivity contribution in [2.45, 2.75) is 6.92 Å². The molecule has 0 saturated heterocycles. The maximum absolute atomic E-state index is 9.82.